The zero-order chi connectivity index (χ0) is 25.1. The lowest BCUT2D eigenvalue weighted by atomic mass is 9.86. The molecule has 10 heteroatoms. The molecule has 1 heterocycles. The number of nitrogens with two attached hydrogens (primary N) is 1. The van der Waals surface area contributed by atoms with Crippen LogP contribution in [0.5, 0.6) is 0 Å². The molecule has 1 atom stereocenters. The highest BCUT2D eigenvalue weighted by atomic mass is 16.5. The quantitative estimate of drug-likeness (QED) is 0.415. The summed E-state index contributed by atoms with van der Waals surface area (Å²) >= 11 is 0. The first-order chi connectivity index (χ1) is 15.2. The van der Waals surface area contributed by atoms with Crippen LogP contribution in [-0.4, -0.2) is 39.9 Å². The molecular weight excluding hydrogens is 428 g/mol. The van der Waals surface area contributed by atoms with Crippen molar-refractivity contribution in [2.45, 2.75) is 46.1 Å². The van der Waals surface area contributed by atoms with Crippen molar-refractivity contribution in [3.8, 4) is 0 Å². The zero-order valence-electron chi connectivity index (χ0n) is 19.6. The van der Waals surface area contributed by atoms with Gasteiger partial charge in [0.1, 0.15) is 17.4 Å². The van der Waals surface area contributed by atoms with E-state index in [2.05, 4.69) is 26.1 Å². The molecule has 1 aromatic carbocycles. The highest BCUT2D eigenvalue weighted by molar-refractivity contribution is 6.02. The van der Waals surface area contributed by atoms with E-state index in [1.165, 1.54) is 7.05 Å². The number of anilines is 1. The van der Waals surface area contributed by atoms with Gasteiger partial charge in [0, 0.05) is 12.6 Å². The summed E-state index contributed by atoms with van der Waals surface area (Å²) in [7, 11) is 1.29. The van der Waals surface area contributed by atoms with Crippen molar-refractivity contribution in [2.24, 2.45) is 13.0 Å². The number of esters is 1. The van der Waals surface area contributed by atoms with Gasteiger partial charge in [-0.2, -0.15) is 0 Å². The van der Waals surface area contributed by atoms with E-state index in [4.69, 9.17) is 10.5 Å². The van der Waals surface area contributed by atoms with E-state index in [1.807, 2.05) is 17.1 Å². The predicted octanol–water partition coefficient (Wildman–Crippen LogP) is 1.13. The van der Waals surface area contributed by atoms with Crippen molar-refractivity contribution < 1.29 is 19.1 Å². The smallest absolute Gasteiger partial charge is 0.329 e. The molecule has 0 aliphatic heterocycles. The number of aromatic amines is 1. The molecule has 0 saturated carbocycles. The van der Waals surface area contributed by atoms with Crippen LogP contribution in [0.2, 0.25) is 0 Å². The van der Waals surface area contributed by atoms with Crippen LogP contribution in [0.3, 0.4) is 0 Å². The van der Waals surface area contributed by atoms with Crippen LogP contribution in [0.25, 0.3) is 0 Å². The summed E-state index contributed by atoms with van der Waals surface area (Å²) in [5, 5.41) is 2.63. The molecule has 0 saturated heterocycles. The Labute approximate surface area is 191 Å². The van der Waals surface area contributed by atoms with Gasteiger partial charge in [-0.3, -0.25) is 23.9 Å². The molecule has 0 unspecified atom stereocenters. The minimum Gasteiger partial charge on any atom is -0.456 e. The van der Waals surface area contributed by atoms with Gasteiger partial charge in [-0.25, -0.2) is 9.59 Å². The van der Waals surface area contributed by atoms with E-state index in [9.17, 15) is 24.0 Å². The number of carbonyl (C=O) groups excluding carboxylic acids is 3. The molecule has 33 heavy (non-hydrogen) atoms. The Morgan fingerprint density at radius 3 is 2.21 bits per heavy atom. The van der Waals surface area contributed by atoms with Crippen molar-refractivity contribution in [3.63, 3.8) is 0 Å². The molecule has 0 spiro atoms. The molecule has 0 bridgehead atoms. The molecule has 178 valence electrons. The van der Waals surface area contributed by atoms with Crippen molar-refractivity contribution in [1.82, 2.24) is 14.9 Å². The van der Waals surface area contributed by atoms with Crippen molar-refractivity contribution >= 4 is 23.5 Å². The molecule has 0 fully saturated rings. The Kier molecular flexibility index (Phi) is 7.63. The van der Waals surface area contributed by atoms with E-state index < -0.39 is 47.1 Å². The van der Waals surface area contributed by atoms with Crippen LogP contribution in [0.1, 0.15) is 60.9 Å². The van der Waals surface area contributed by atoms with Crippen LogP contribution in [0, 0.1) is 5.92 Å². The molecular formula is C23H30N4O6. The summed E-state index contributed by atoms with van der Waals surface area (Å²) in [6, 6.07) is 6.04. The molecule has 0 radical (unpaired) electrons. The highest BCUT2D eigenvalue weighted by Crippen LogP contribution is 2.22. The number of nitrogen functional groups attached to an aromatic ring is 1. The highest BCUT2D eigenvalue weighted by Gasteiger charge is 2.28. The third-order valence-corrected chi connectivity index (χ3v) is 5.21. The van der Waals surface area contributed by atoms with E-state index in [1.54, 1.807) is 26.0 Å². The summed E-state index contributed by atoms with van der Waals surface area (Å²) in [6.07, 6.45) is 0. The minimum absolute atomic E-state index is 0.0675. The molecule has 10 nitrogen and oxygen atoms in total. The van der Waals surface area contributed by atoms with Crippen molar-refractivity contribution in [1.29, 1.82) is 0 Å². The maximum absolute atomic E-state index is 12.7. The Bertz CT molecular complexity index is 1170. The third-order valence-electron chi connectivity index (χ3n) is 5.21. The van der Waals surface area contributed by atoms with E-state index in [0.29, 0.717) is 5.56 Å². The van der Waals surface area contributed by atoms with Gasteiger partial charge in [0.2, 0.25) is 5.78 Å². The average molecular weight is 459 g/mol. The summed E-state index contributed by atoms with van der Waals surface area (Å²) in [6.45, 7) is 8.84. The molecule has 2 rings (SSSR count). The van der Waals surface area contributed by atoms with Gasteiger partial charge in [-0.05, 0) is 29.0 Å². The number of rotatable bonds is 7. The number of ketones is 1. The SMILES string of the molecule is CC(C)[C@@H](NC(=O)c1ccc(C(C)(C)C)cc1)C(=O)OCC(=O)c1c(N)n(C)c(=O)[nH]c1=O. The van der Waals surface area contributed by atoms with Crippen LogP contribution >= 0.6 is 0 Å². The third kappa shape index (κ3) is 5.97. The first kappa shape index (κ1) is 25.6. The van der Waals surface area contributed by atoms with Gasteiger partial charge in [0.05, 0.1) is 0 Å². The number of carbonyl (C=O) groups is 3. The predicted molar refractivity (Wildman–Crippen MR) is 123 cm³/mol. The van der Waals surface area contributed by atoms with Crippen molar-refractivity contribution in [2.75, 3.05) is 12.3 Å². The number of nitrogens with one attached hydrogen (secondary N) is 2. The number of Topliss-reactive ketones (excluding diaryl/α,β-unsaturated/α-hetero) is 1. The van der Waals surface area contributed by atoms with Crippen LogP contribution < -0.4 is 22.3 Å². The van der Waals surface area contributed by atoms with Gasteiger partial charge in [0.15, 0.2) is 6.61 Å². The summed E-state index contributed by atoms with van der Waals surface area (Å²) < 4.78 is 5.96. The fourth-order valence-electron chi connectivity index (χ4n) is 3.05. The fraction of sp³-hybridized carbons (Fsp3) is 0.435. The summed E-state index contributed by atoms with van der Waals surface area (Å²) in [4.78, 5) is 63.2. The largest absolute Gasteiger partial charge is 0.456 e. The first-order valence-corrected chi connectivity index (χ1v) is 10.4. The number of aromatic nitrogens is 2. The molecule has 0 aliphatic carbocycles. The van der Waals surface area contributed by atoms with Gasteiger partial charge in [-0.15, -0.1) is 0 Å². The maximum Gasteiger partial charge on any atom is 0.329 e. The second-order valence-electron chi connectivity index (χ2n) is 9.13. The van der Waals surface area contributed by atoms with Gasteiger partial charge < -0.3 is 15.8 Å². The Morgan fingerprint density at radius 2 is 1.70 bits per heavy atom. The zero-order valence-corrected chi connectivity index (χ0v) is 19.6. The molecule has 4 N–H and O–H groups in total. The number of benzene rings is 1. The number of ether oxygens (including phenoxy) is 1. The molecule has 1 aromatic heterocycles. The second kappa shape index (κ2) is 9.85. The standard InChI is InChI=1S/C23H30N4O6/c1-12(2)17(25-19(29)13-7-9-14(10-8-13)23(3,4)5)21(31)33-11-15(28)16-18(24)27(6)22(32)26-20(16)30/h7-10,12,17H,11,24H2,1-6H3,(H,25,29)(H,26,30,32)/t17-/m1/s1. The lowest BCUT2D eigenvalue weighted by molar-refractivity contribution is -0.145. The second-order valence-corrected chi connectivity index (χ2v) is 9.13. The Balaban J connectivity index is 2.11. The summed E-state index contributed by atoms with van der Waals surface area (Å²) in [5.74, 6) is -2.84. The average Bonchev–Trinajstić information content (AvgIpc) is 2.73. The number of H-pyrrole nitrogens is 1. The normalized spacial score (nSPS) is 12.3. The number of hydrogen-bond donors (Lipinski definition) is 3. The first-order valence-electron chi connectivity index (χ1n) is 10.4. The number of hydrogen-bond acceptors (Lipinski definition) is 7. The molecule has 0 aliphatic rings. The lowest BCUT2D eigenvalue weighted by Crippen LogP contribution is -2.46. The summed E-state index contributed by atoms with van der Waals surface area (Å²) in [5.41, 5.74) is 4.84. The van der Waals surface area contributed by atoms with Gasteiger partial charge in [0.25, 0.3) is 11.5 Å². The number of nitrogens with zero attached hydrogens (tertiary/aromatic N) is 1. The molecule has 1 amide bonds. The topological polar surface area (TPSA) is 153 Å². The number of amides is 1. The van der Waals surface area contributed by atoms with E-state index in [-0.39, 0.29) is 17.2 Å². The van der Waals surface area contributed by atoms with E-state index in [0.717, 1.165) is 10.1 Å². The van der Waals surface area contributed by atoms with E-state index >= 15 is 0 Å². The van der Waals surface area contributed by atoms with Crippen LogP contribution in [0.15, 0.2) is 33.9 Å². The van der Waals surface area contributed by atoms with Gasteiger partial charge in [-0.1, -0.05) is 46.8 Å². The van der Waals surface area contributed by atoms with Crippen LogP contribution in [-0.2, 0) is 22.0 Å². The van der Waals surface area contributed by atoms with Crippen molar-refractivity contribution in [3.05, 3.63) is 61.8 Å². The minimum atomic E-state index is -1.02. The Morgan fingerprint density at radius 1 is 1.12 bits per heavy atom. The van der Waals surface area contributed by atoms with Crippen LogP contribution in [0.4, 0.5) is 5.82 Å². The van der Waals surface area contributed by atoms with Gasteiger partial charge >= 0.3 is 11.7 Å². The fourth-order valence-corrected chi connectivity index (χ4v) is 3.05. The maximum atomic E-state index is 12.7. The molecule has 2 aromatic rings. The Hall–Kier alpha value is -3.69. The monoisotopic (exact) mass is 458 g/mol. The lowest BCUT2D eigenvalue weighted by Gasteiger charge is -2.22.